The molecule has 17 heavy (non-hydrogen) atoms. The van der Waals surface area contributed by atoms with Crippen LogP contribution in [0.5, 0.6) is 0 Å². The van der Waals surface area contributed by atoms with Crippen LogP contribution in [0, 0.1) is 11.8 Å². The number of nitrogens with zero attached hydrogens (tertiary/aromatic N) is 1. The number of hydrogen-bond acceptors (Lipinski definition) is 2. The summed E-state index contributed by atoms with van der Waals surface area (Å²) in [6, 6.07) is 2.19. The van der Waals surface area contributed by atoms with Crippen LogP contribution in [-0.2, 0) is 0 Å². The van der Waals surface area contributed by atoms with Gasteiger partial charge in [0, 0.05) is 12.4 Å². The van der Waals surface area contributed by atoms with E-state index in [0.29, 0.717) is 0 Å². The molecule has 1 fully saturated rings. The van der Waals surface area contributed by atoms with Crippen LogP contribution in [0.1, 0.15) is 24.0 Å². The summed E-state index contributed by atoms with van der Waals surface area (Å²) in [5.41, 5.74) is 3.85. The van der Waals surface area contributed by atoms with E-state index in [-0.39, 0.29) is 0 Å². The van der Waals surface area contributed by atoms with Gasteiger partial charge < -0.3 is 5.32 Å². The summed E-state index contributed by atoms with van der Waals surface area (Å²) in [4.78, 5) is 4.29. The van der Waals surface area contributed by atoms with Crippen molar-refractivity contribution >= 4 is 11.6 Å². The summed E-state index contributed by atoms with van der Waals surface area (Å²) in [5, 5.41) is 3.49. The third-order valence-corrected chi connectivity index (χ3v) is 3.93. The van der Waals surface area contributed by atoms with E-state index in [1.165, 1.54) is 30.5 Å². The standard InChI is InChI=1S/C15H18N2/c1-2-11-5-14(10-17-8-11)13-6-12-3-4-16-9-15(12)7-13/h2,5-6,8,10,12,15-16H,1,3-4,7,9H2/t12-,15-/m0/s1. The molecule has 1 aromatic rings. The van der Waals surface area contributed by atoms with Crippen molar-refractivity contribution in [2.45, 2.75) is 12.8 Å². The third kappa shape index (κ3) is 2.05. The van der Waals surface area contributed by atoms with E-state index in [1.807, 2.05) is 18.5 Å². The zero-order chi connectivity index (χ0) is 11.7. The van der Waals surface area contributed by atoms with E-state index >= 15 is 0 Å². The van der Waals surface area contributed by atoms with Gasteiger partial charge in [0.15, 0.2) is 0 Å². The van der Waals surface area contributed by atoms with Crippen LogP contribution >= 0.6 is 0 Å². The Hall–Kier alpha value is -1.41. The van der Waals surface area contributed by atoms with Gasteiger partial charge in [0.25, 0.3) is 0 Å². The number of aromatic nitrogens is 1. The summed E-state index contributed by atoms with van der Waals surface area (Å²) >= 11 is 0. The summed E-state index contributed by atoms with van der Waals surface area (Å²) < 4.78 is 0. The van der Waals surface area contributed by atoms with Crippen LogP contribution in [0.15, 0.2) is 31.1 Å². The lowest BCUT2D eigenvalue weighted by molar-refractivity contribution is 0.324. The molecule has 1 aliphatic heterocycles. The maximum atomic E-state index is 4.29. The molecule has 2 heterocycles. The molecule has 1 aliphatic carbocycles. The van der Waals surface area contributed by atoms with Gasteiger partial charge in [0.05, 0.1) is 0 Å². The molecule has 1 N–H and O–H groups in total. The van der Waals surface area contributed by atoms with E-state index < -0.39 is 0 Å². The summed E-state index contributed by atoms with van der Waals surface area (Å²) in [7, 11) is 0. The van der Waals surface area contributed by atoms with Gasteiger partial charge in [-0.15, -0.1) is 0 Å². The first kappa shape index (κ1) is 10.7. The molecule has 1 saturated heterocycles. The van der Waals surface area contributed by atoms with E-state index in [2.05, 4.69) is 29.0 Å². The normalized spacial score (nSPS) is 27.4. The van der Waals surface area contributed by atoms with Gasteiger partial charge in [-0.1, -0.05) is 18.7 Å². The van der Waals surface area contributed by atoms with Gasteiger partial charge >= 0.3 is 0 Å². The first-order valence-corrected chi connectivity index (χ1v) is 6.36. The van der Waals surface area contributed by atoms with E-state index in [1.54, 1.807) is 0 Å². The van der Waals surface area contributed by atoms with Gasteiger partial charge in [-0.25, -0.2) is 0 Å². The highest BCUT2D eigenvalue weighted by Gasteiger charge is 2.29. The van der Waals surface area contributed by atoms with Crippen molar-refractivity contribution in [1.29, 1.82) is 0 Å². The van der Waals surface area contributed by atoms with Crippen molar-refractivity contribution in [2.24, 2.45) is 11.8 Å². The summed E-state index contributed by atoms with van der Waals surface area (Å²) in [5.74, 6) is 1.57. The molecule has 0 aromatic carbocycles. The molecule has 1 aromatic heterocycles. The molecule has 88 valence electrons. The highest BCUT2D eigenvalue weighted by atomic mass is 14.9. The Morgan fingerprint density at radius 2 is 2.35 bits per heavy atom. The molecule has 2 atom stereocenters. The van der Waals surface area contributed by atoms with Gasteiger partial charge in [0.1, 0.15) is 0 Å². The Kier molecular flexibility index (Phi) is 2.81. The zero-order valence-electron chi connectivity index (χ0n) is 10.0. The SMILES string of the molecule is C=Cc1cncc(C2=C[C@@H]3CCNC[C@@H]3C2)c1. The van der Waals surface area contributed by atoms with E-state index in [4.69, 9.17) is 0 Å². The predicted molar refractivity (Wildman–Crippen MR) is 71.4 cm³/mol. The lowest BCUT2D eigenvalue weighted by Gasteiger charge is -2.25. The average Bonchev–Trinajstić information content (AvgIpc) is 2.82. The van der Waals surface area contributed by atoms with Crippen molar-refractivity contribution in [3.8, 4) is 0 Å². The van der Waals surface area contributed by atoms with Crippen LogP contribution in [0.25, 0.3) is 11.6 Å². The van der Waals surface area contributed by atoms with Crippen LogP contribution in [0.3, 0.4) is 0 Å². The minimum absolute atomic E-state index is 0.777. The number of allylic oxidation sites excluding steroid dienone is 2. The molecule has 0 amide bonds. The highest BCUT2D eigenvalue weighted by Crippen LogP contribution is 2.38. The molecular weight excluding hydrogens is 208 g/mol. The molecule has 2 aliphatic rings. The minimum atomic E-state index is 0.777. The fourth-order valence-corrected chi connectivity index (χ4v) is 2.95. The van der Waals surface area contributed by atoms with Crippen molar-refractivity contribution in [2.75, 3.05) is 13.1 Å². The Morgan fingerprint density at radius 3 is 3.18 bits per heavy atom. The number of hydrogen-bond donors (Lipinski definition) is 1. The molecule has 0 saturated carbocycles. The zero-order valence-corrected chi connectivity index (χ0v) is 10.0. The van der Waals surface area contributed by atoms with Crippen molar-refractivity contribution in [1.82, 2.24) is 10.3 Å². The van der Waals surface area contributed by atoms with Crippen molar-refractivity contribution < 1.29 is 0 Å². The summed E-state index contributed by atoms with van der Waals surface area (Å²) in [6.45, 7) is 6.13. The molecule has 2 heteroatoms. The average molecular weight is 226 g/mol. The molecular formula is C15H18N2. The molecule has 0 spiro atoms. The largest absolute Gasteiger partial charge is 0.316 e. The van der Waals surface area contributed by atoms with Gasteiger partial charge in [0.2, 0.25) is 0 Å². The van der Waals surface area contributed by atoms with Crippen molar-refractivity contribution in [3.05, 3.63) is 42.2 Å². The fourth-order valence-electron chi connectivity index (χ4n) is 2.95. The number of pyridine rings is 1. The van der Waals surface area contributed by atoms with E-state index in [9.17, 15) is 0 Å². The van der Waals surface area contributed by atoms with Crippen LogP contribution in [0.4, 0.5) is 0 Å². The Balaban J connectivity index is 1.87. The molecule has 3 rings (SSSR count). The summed E-state index contributed by atoms with van der Waals surface area (Å²) in [6.07, 6.45) is 10.6. The van der Waals surface area contributed by atoms with Crippen molar-refractivity contribution in [3.63, 3.8) is 0 Å². The van der Waals surface area contributed by atoms with Crippen LogP contribution < -0.4 is 5.32 Å². The smallest absolute Gasteiger partial charge is 0.0343 e. The number of nitrogens with one attached hydrogen (secondary N) is 1. The van der Waals surface area contributed by atoms with E-state index in [0.717, 1.165) is 23.9 Å². The van der Waals surface area contributed by atoms with Crippen LogP contribution in [-0.4, -0.2) is 18.1 Å². The van der Waals surface area contributed by atoms with Gasteiger partial charge in [-0.3, -0.25) is 4.98 Å². The lowest BCUT2D eigenvalue weighted by Crippen LogP contribution is -2.33. The Bertz CT molecular complexity index is 462. The molecule has 0 bridgehead atoms. The molecule has 0 radical (unpaired) electrons. The lowest BCUT2D eigenvalue weighted by atomic mass is 9.89. The minimum Gasteiger partial charge on any atom is -0.316 e. The first-order valence-electron chi connectivity index (χ1n) is 6.36. The second-order valence-electron chi connectivity index (χ2n) is 5.02. The quantitative estimate of drug-likeness (QED) is 0.838. The maximum absolute atomic E-state index is 4.29. The number of fused-ring (bicyclic) bond motifs is 1. The molecule has 0 unspecified atom stereocenters. The monoisotopic (exact) mass is 226 g/mol. The Labute approximate surface area is 102 Å². The topological polar surface area (TPSA) is 24.9 Å². The second-order valence-corrected chi connectivity index (χ2v) is 5.02. The first-order chi connectivity index (χ1) is 8.36. The molecule has 2 nitrogen and oxygen atoms in total. The Morgan fingerprint density at radius 1 is 1.41 bits per heavy atom. The second kappa shape index (κ2) is 4.46. The number of rotatable bonds is 2. The predicted octanol–water partition coefficient (Wildman–Crippen LogP) is 2.74. The third-order valence-electron chi connectivity index (χ3n) is 3.93. The van der Waals surface area contributed by atoms with Crippen LogP contribution in [0.2, 0.25) is 0 Å². The number of piperidine rings is 1. The highest BCUT2D eigenvalue weighted by molar-refractivity contribution is 5.69. The van der Waals surface area contributed by atoms with Gasteiger partial charge in [-0.2, -0.15) is 0 Å². The fraction of sp³-hybridized carbons (Fsp3) is 0.400. The van der Waals surface area contributed by atoms with Gasteiger partial charge in [-0.05, 0) is 60.5 Å². The maximum Gasteiger partial charge on any atom is 0.0343 e.